The van der Waals surface area contributed by atoms with Crippen LogP contribution in [-0.2, 0) is 0 Å². The van der Waals surface area contributed by atoms with E-state index < -0.39 is 0 Å². The van der Waals surface area contributed by atoms with E-state index in [1.807, 2.05) is 48.2 Å². The average Bonchev–Trinajstić information content (AvgIpc) is 2.97. The first-order valence-electron chi connectivity index (χ1n) is 7.19. The van der Waals surface area contributed by atoms with Gasteiger partial charge in [0, 0.05) is 50.2 Å². The van der Waals surface area contributed by atoms with Gasteiger partial charge in [0.15, 0.2) is 0 Å². The second kappa shape index (κ2) is 7.20. The molecule has 22 heavy (non-hydrogen) atoms. The fraction of sp³-hybridized carbons (Fsp3) is 0.375. The molecular weight excluding hydrogens is 282 g/mol. The van der Waals surface area contributed by atoms with Gasteiger partial charge in [-0.2, -0.15) is 0 Å². The molecule has 6 heteroatoms. The Labute approximate surface area is 130 Å². The maximum absolute atomic E-state index is 9.16. The zero-order chi connectivity index (χ0) is 16.1. The van der Waals surface area contributed by atoms with Gasteiger partial charge in [0.05, 0.1) is 18.9 Å². The second-order valence-corrected chi connectivity index (χ2v) is 5.27. The van der Waals surface area contributed by atoms with E-state index in [-0.39, 0.29) is 13.2 Å². The topological polar surface area (TPSA) is 86.1 Å². The fourth-order valence-electron chi connectivity index (χ4n) is 2.27. The van der Waals surface area contributed by atoms with Crippen molar-refractivity contribution in [3.05, 3.63) is 30.5 Å². The number of benzene rings is 1. The highest BCUT2D eigenvalue weighted by atomic mass is 16.3. The number of nitrogen functional groups attached to an aromatic ring is 1. The van der Waals surface area contributed by atoms with Gasteiger partial charge in [-0.1, -0.05) is 0 Å². The Kier molecular flexibility index (Phi) is 5.30. The molecule has 0 atom stereocenters. The van der Waals surface area contributed by atoms with Crippen molar-refractivity contribution in [3.63, 3.8) is 0 Å². The molecular formula is C16H23N3O3. The van der Waals surface area contributed by atoms with Crippen LogP contribution >= 0.6 is 0 Å². The Morgan fingerprint density at radius 3 is 2.27 bits per heavy atom. The van der Waals surface area contributed by atoms with Gasteiger partial charge in [0.2, 0.25) is 0 Å². The summed E-state index contributed by atoms with van der Waals surface area (Å²) in [5.41, 5.74) is 9.33. The van der Waals surface area contributed by atoms with Crippen LogP contribution in [0.4, 0.5) is 17.1 Å². The summed E-state index contributed by atoms with van der Waals surface area (Å²) in [5, 5.41) is 18.3. The summed E-state index contributed by atoms with van der Waals surface area (Å²) in [7, 11) is 3.89. The zero-order valence-electron chi connectivity index (χ0n) is 13.0. The van der Waals surface area contributed by atoms with Crippen LogP contribution in [0.15, 0.2) is 34.9 Å². The number of aliphatic hydroxyl groups excluding tert-OH is 2. The second-order valence-electron chi connectivity index (χ2n) is 5.27. The number of furan rings is 1. The van der Waals surface area contributed by atoms with Crippen molar-refractivity contribution in [3.8, 4) is 11.3 Å². The number of anilines is 3. The molecule has 0 amide bonds. The summed E-state index contributed by atoms with van der Waals surface area (Å²) in [6.07, 6.45) is 1.68. The van der Waals surface area contributed by atoms with E-state index in [9.17, 15) is 0 Å². The Balaban J connectivity index is 2.36. The van der Waals surface area contributed by atoms with E-state index in [4.69, 9.17) is 20.4 Å². The van der Waals surface area contributed by atoms with Gasteiger partial charge < -0.3 is 30.2 Å². The number of hydrogen-bond acceptors (Lipinski definition) is 6. The molecule has 4 N–H and O–H groups in total. The lowest BCUT2D eigenvalue weighted by Crippen LogP contribution is -2.29. The highest BCUT2D eigenvalue weighted by molar-refractivity contribution is 5.78. The standard InChI is InChI=1S/C16H23N3O3/c1-18(2)13-10-16(22-11-13)14-9-12(3-4-15(14)17)19(5-7-20)6-8-21/h3-4,9-11,20-21H,5-8,17H2,1-2H3. The lowest BCUT2D eigenvalue weighted by atomic mass is 10.1. The minimum absolute atomic E-state index is 0.0191. The smallest absolute Gasteiger partial charge is 0.138 e. The number of nitrogens with two attached hydrogens (primary N) is 1. The van der Waals surface area contributed by atoms with Crippen LogP contribution < -0.4 is 15.5 Å². The van der Waals surface area contributed by atoms with Crippen LogP contribution in [0.2, 0.25) is 0 Å². The molecule has 1 aromatic heterocycles. The number of hydrogen-bond donors (Lipinski definition) is 3. The molecule has 0 aliphatic rings. The molecule has 0 radical (unpaired) electrons. The first-order valence-corrected chi connectivity index (χ1v) is 7.19. The lowest BCUT2D eigenvalue weighted by Gasteiger charge is -2.23. The molecule has 0 saturated heterocycles. The lowest BCUT2D eigenvalue weighted by molar-refractivity contribution is 0.281. The molecule has 0 bridgehead atoms. The summed E-state index contributed by atoms with van der Waals surface area (Å²) in [6, 6.07) is 7.53. The number of nitrogens with zero attached hydrogens (tertiary/aromatic N) is 2. The van der Waals surface area contributed by atoms with E-state index in [1.54, 1.807) is 6.26 Å². The van der Waals surface area contributed by atoms with Gasteiger partial charge >= 0.3 is 0 Å². The quantitative estimate of drug-likeness (QED) is 0.670. The predicted molar refractivity (Wildman–Crippen MR) is 89.3 cm³/mol. The maximum Gasteiger partial charge on any atom is 0.138 e. The highest BCUT2D eigenvalue weighted by Gasteiger charge is 2.13. The molecule has 0 aliphatic heterocycles. The first-order chi connectivity index (χ1) is 10.6. The Bertz CT molecular complexity index is 604. The van der Waals surface area contributed by atoms with Gasteiger partial charge in [-0.15, -0.1) is 0 Å². The van der Waals surface area contributed by atoms with E-state index >= 15 is 0 Å². The van der Waals surface area contributed by atoms with Gasteiger partial charge in [0.1, 0.15) is 12.0 Å². The van der Waals surface area contributed by atoms with E-state index in [1.165, 1.54) is 0 Å². The normalized spacial score (nSPS) is 10.7. The van der Waals surface area contributed by atoms with Crippen LogP contribution in [0.3, 0.4) is 0 Å². The third-order valence-corrected chi connectivity index (χ3v) is 3.51. The highest BCUT2D eigenvalue weighted by Crippen LogP contribution is 2.33. The number of rotatable bonds is 7. The van der Waals surface area contributed by atoms with Crippen molar-refractivity contribution in [1.29, 1.82) is 0 Å². The van der Waals surface area contributed by atoms with E-state index in [0.717, 1.165) is 16.9 Å². The zero-order valence-corrected chi connectivity index (χ0v) is 13.0. The summed E-state index contributed by atoms with van der Waals surface area (Å²) in [6.45, 7) is 0.937. The van der Waals surface area contributed by atoms with Crippen molar-refractivity contribution < 1.29 is 14.6 Å². The van der Waals surface area contributed by atoms with Crippen LogP contribution in [0.5, 0.6) is 0 Å². The molecule has 2 rings (SSSR count). The van der Waals surface area contributed by atoms with Crippen LogP contribution in [-0.4, -0.2) is 50.6 Å². The molecule has 0 aliphatic carbocycles. The average molecular weight is 305 g/mol. The monoisotopic (exact) mass is 305 g/mol. The van der Waals surface area contributed by atoms with Gasteiger partial charge in [-0.05, 0) is 18.2 Å². The van der Waals surface area contributed by atoms with Crippen LogP contribution in [0.1, 0.15) is 0 Å². The van der Waals surface area contributed by atoms with Crippen molar-refractivity contribution in [2.45, 2.75) is 0 Å². The summed E-state index contributed by atoms with van der Waals surface area (Å²) in [5.74, 6) is 0.691. The molecule has 1 aromatic carbocycles. The Hall–Kier alpha value is -2.18. The molecule has 0 unspecified atom stereocenters. The number of aliphatic hydroxyl groups is 2. The summed E-state index contributed by atoms with van der Waals surface area (Å²) in [4.78, 5) is 3.86. The van der Waals surface area contributed by atoms with Crippen molar-refractivity contribution in [2.24, 2.45) is 0 Å². The molecule has 0 spiro atoms. The van der Waals surface area contributed by atoms with E-state index in [2.05, 4.69) is 0 Å². The van der Waals surface area contributed by atoms with Gasteiger partial charge in [-0.25, -0.2) is 0 Å². The van der Waals surface area contributed by atoms with Crippen molar-refractivity contribution in [2.75, 3.05) is 55.9 Å². The Morgan fingerprint density at radius 1 is 1.05 bits per heavy atom. The first kappa shape index (κ1) is 16.2. The minimum Gasteiger partial charge on any atom is -0.462 e. The molecule has 6 nitrogen and oxygen atoms in total. The molecule has 120 valence electrons. The van der Waals surface area contributed by atoms with Crippen molar-refractivity contribution in [1.82, 2.24) is 0 Å². The maximum atomic E-state index is 9.16. The molecule has 1 heterocycles. The van der Waals surface area contributed by atoms with Gasteiger partial charge in [-0.3, -0.25) is 0 Å². The van der Waals surface area contributed by atoms with E-state index in [0.29, 0.717) is 24.5 Å². The van der Waals surface area contributed by atoms with Gasteiger partial charge in [0.25, 0.3) is 0 Å². The fourth-order valence-corrected chi connectivity index (χ4v) is 2.27. The SMILES string of the molecule is CN(C)c1coc(-c2cc(N(CCO)CCO)ccc2N)c1. The predicted octanol–water partition coefficient (Wildman–Crippen LogP) is 1.39. The largest absolute Gasteiger partial charge is 0.462 e. The summed E-state index contributed by atoms with van der Waals surface area (Å²) >= 11 is 0. The Morgan fingerprint density at radius 2 is 1.73 bits per heavy atom. The third-order valence-electron chi connectivity index (χ3n) is 3.51. The molecule has 0 fully saturated rings. The van der Waals surface area contributed by atoms with Crippen molar-refractivity contribution >= 4 is 17.1 Å². The molecule has 2 aromatic rings. The third kappa shape index (κ3) is 3.52. The van der Waals surface area contributed by atoms with Crippen LogP contribution in [0, 0.1) is 0 Å². The van der Waals surface area contributed by atoms with Crippen LogP contribution in [0.25, 0.3) is 11.3 Å². The minimum atomic E-state index is 0.0191. The molecule has 0 saturated carbocycles. The summed E-state index contributed by atoms with van der Waals surface area (Å²) < 4.78 is 5.61.